The van der Waals surface area contributed by atoms with Crippen molar-refractivity contribution in [3.8, 4) is 11.5 Å². The third kappa shape index (κ3) is 4.68. The van der Waals surface area contributed by atoms with Gasteiger partial charge in [0.1, 0.15) is 18.9 Å². The highest BCUT2D eigenvalue weighted by molar-refractivity contribution is 7.98. The molecule has 0 aliphatic carbocycles. The molecule has 0 saturated heterocycles. The minimum atomic E-state index is 0.00346. The topological polar surface area (TPSA) is 56.1 Å². The predicted molar refractivity (Wildman–Crippen MR) is 129 cm³/mol. The van der Waals surface area contributed by atoms with Gasteiger partial charge in [-0.15, -0.1) is 11.8 Å². The Morgan fingerprint density at radius 2 is 1.91 bits per heavy atom. The summed E-state index contributed by atoms with van der Waals surface area (Å²) in [6.07, 6.45) is 4.05. The summed E-state index contributed by atoms with van der Waals surface area (Å²) in [7, 11) is 0. The van der Waals surface area contributed by atoms with Gasteiger partial charge in [0, 0.05) is 47.3 Å². The molecule has 1 amide bonds. The minimum absolute atomic E-state index is 0.00346. The lowest BCUT2D eigenvalue weighted by Gasteiger charge is -2.25. The van der Waals surface area contributed by atoms with Gasteiger partial charge < -0.3 is 18.8 Å². The highest BCUT2D eigenvalue weighted by Crippen LogP contribution is 2.34. The number of fused-ring (bicyclic) bond motifs is 2. The van der Waals surface area contributed by atoms with Crippen LogP contribution in [-0.2, 0) is 12.3 Å². The third-order valence-electron chi connectivity index (χ3n) is 5.58. The maximum Gasteiger partial charge on any atom is 0.254 e. The Kier molecular flexibility index (Phi) is 6.21. The van der Waals surface area contributed by atoms with E-state index in [-0.39, 0.29) is 5.91 Å². The van der Waals surface area contributed by atoms with E-state index in [0.717, 1.165) is 39.1 Å². The van der Waals surface area contributed by atoms with Crippen molar-refractivity contribution >= 4 is 23.3 Å². The summed E-state index contributed by atoms with van der Waals surface area (Å²) in [5, 5.41) is 0. The van der Waals surface area contributed by atoms with Gasteiger partial charge in [0.25, 0.3) is 5.91 Å². The summed E-state index contributed by atoms with van der Waals surface area (Å²) >= 11 is 1.71. The fourth-order valence-electron chi connectivity index (χ4n) is 3.88. The number of nitrogens with zero attached hydrogens (tertiary/aromatic N) is 3. The van der Waals surface area contributed by atoms with Crippen molar-refractivity contribution in [3.63, 3.8) is 0 Å². The first-order valence-electron chi connectivity index (χ1n) is 11.0. The van der Waals surface area contributed by atoms with Gasteiger partial charge in [0.05, 0.1) is 5.69 Å². The zero-order valence-corrected chi connectivity index (χ0v) is 19.3. The molecule has 4 aromatic rings. The molecule has 33 heavy (non-hydrogen) atoms. The van der Waals surface area contributed by atoms with Gasteiger partial charge in [0.15, 0.2) is 11.5 Å². The molecule has 0 bridgehead atoms. The fourth-order valence-corrected chi connectivity index (χ4v) is 4.66. The zero-order chi connectivity index (χ0) is 22.6. The number of ether oxygens (including phenoxy) is 2. The Morgan fingerprint density at radius 1 is 1.06 bits per heavy atom. The number of thioether (sulfide) groups is 1. The predicted octanol–water partition coefficient (Wildman–Crippen LogP) is 5.06. The van der Waals surface area contributed by atoms with Crippen LogP contribution in [-0.4, -0.2) is 40.0 Å². The van der Waals surface area contributed by atoms with Crippen molar-refractivity contribution in [3.05, 3.63) is 89.9 Å². The molecule has 6 nitrogen and oxygen atoms in total. The molecule has 0 radical (unpaired) electrons. The maximum absolute atomic E-state index is 13.2. The molecule has 0 spiro atoms. The zero-order valence-electron chi connectivity index (χ0n) is 18.4. The van der Waals surface area contributed by atoms with E-state index in [1.54, 1.807) is 11.8 Å². The third-order valence-corrected chi connectivity index (χ3v) is 6.63. The van der Waals surface area contributed by atoms with Gasteiger partial charge in [0.2, 0.25) is 0 Å². The van der Waals surface area contributed by atoms with Crippen molar-refractivity contribution in [1.29, 1.82) is 0 Å². The smallest absolute Gasteiger partial charge is 0.254 e. The van der Waals surface area contributed by atoms with Crippen LogP contribution in [0, 0.1) is 0 Å². The molecule has 168 valence electrons. The van der Waals surface area contributed by atoms with Crippen molar-refractivity contribution < 1.29 is 14.3 Å². The number of benzene rings is 2. The summed E-state index contributed by atoms with van der Waals surface area (Å²) in [4.78, 5) is 20.7. The number of carbonyl (C=O) groups is 1. The summed E-state index contributed by atoms with van der Waals surface area (Å²) in [5.74, 6) is 2.27. The van der Waals surface area contributed by atoms with Crippen LogP contribution in [0.15, 0.2) is 78.0 Å². The maximum atomic E-state index is 13.2. The van der Waals surface area contributed by atoms with Crippen LogP contribution in [0.4, 0.5) is 0 Å². The molecule has 1 aliphatic rings. The van der Waals surface area contributed by atoms with Crippen LogP contribution in [0.5, 0.6) is 11.5 Å². The highest BCUT2D eigenvalue weighted by atomic mass is 32.2. The van der Waals surface area contributed by atoms with E-state index in [9.17, 15) is 4.79 Å². The van der Waals surface area contributed by atoms with Crippen LogP contribution in [0.1, 0.15) is 28.5 Å². The fraction of sp³-hybridized carbons (Fsp3) is 0.231. The van der Waals surface area contributed by atoms with Crippen LogP contribution < -0.4 is 9.47 Å². The number of amides is 1. The first-order chi connectivity index (χ1) is 16.2. The summed E-state index contributed by atoms with van der Waals surface area (Å²) < 4.78 is 13.5. The minimum Gasteiger partial charge on any atom is -0.486 e. The lowest BCUT2D eigenvalue weighted by Crippen LogP contribution is -2.30. The van der Waals surface area contributed by atoms with Crippen LogP contribution >= 0.6 is 11.8 Å². The van der Waals surface area contributed by atoms with E-state index >= 15 is 0 Å². The summed E-state index contributed by atoms with van der Waals surface area (Å²) in [6, 6.07) is 19.6. The van der Waals surface area contributed by atoms with Gasteiger partial charge in [-0.05, 0) is 49.4 Å². The number of aromatic nitrogens is 2. The number of pyridine rings is 1. The molecule has 2 aromatic heterocycles. The van der Waals surface area contributed by atoms with E-state index in [0.29, 0.717) is 31.9 Å². The molecule has 2 aromatic carbocycles. The van der Waals surface area contributed by atoms with Crippen molar-refractivity contribution in [2.75, 3.05) is 19.8 Å². The van der Waals surface area contributed by atoms with Gasteiger partial charge in [-0.2, -0.15) is 0 Å². The van der Waals surface area contributed by atoms with Gasteiger partial charge in [-0.3, -0.25) is 4.79 Å². The number of carbonyl (C=O) groups excluding carboxylic acids is 1. The molecular formula is C26H25N3O3S. The van der Waals surface area contributed by atoms with Crippen molar-refractivity contribution in [1.82, 2.24) is 14.3 Å². The monoisotopic (exact) mass is 459 g/mol. The molecule has 0 unspecified atom stereocenters. The van der Waals surface area contributed by atoms with Crippen LogP contribution in [0.25, 0.3) is 5.65 Å². The van der Waals surface area contributed by atoms with Gasteiger partial charge in [-0.1, -0.05) is 18.2 Å². The largest absolute Gasteiger partial charge is 0.486 e. The average Bonchev–Trinajstić information content (AvgIpc) is 3.29. The first-order valence-corrected chi connectivity index (χ1v) is 12.0. The van der Waals surface area contributed by atoms with Crippen molar-refractivity contribution in [2.45, 2.75) is 24.1 Å². The van der Waals surface area contributed by atoms with E-state index in [2.05, 4.69) is 11.2 Å². The molecule has 0 N–H and O–H groups in total. The molecule has 7 heteroatoms. The second-order valence-corrected chi connectivity index (χ2v) is 8.82. The Hall–Kier alpha value is -3.45. The molecule has 5 rings (SSSR count). The molecule has 0 saturated carbocycles. The quantitative estimate of drug-likeness (QED) is 0.362. The second kappa shape index (κ2) is 9.58. The Balaban J connectivity index is 1.24. The van der Waals surface area contributed by atoms with Crippen LogP contribution in [0.3, 0.4) is 0 Å². The number of hydrogen-bond acceptors (Lipinski definition) is 5. The van der Waals surface area contributed by atoms with Gasteiger partial charge >= 0.3 is 0 Å². The highest BCUT2D eigenvalue weighted by Gasteiger charge is 2.20. The second-order valence-electron chi connectivity index (χ2n) is 7.77. The average molecular weight is 460 g/mol. The van der Waals surface area contributed by atoms with E-state index in [1.165, 1.54) is 0 Å². The molecular weight excluding hydrogens is 434 g/mol. The SMILES string of the molecule is CCN(Cc1cccc2c1OCCO2)C(=O)c1ccc(SCc2cn3ccccc3n2)cc1. The van der Waals surface area contributed by atoms with Crippen LogP contribution in [0.2, 0.25) is 0 Å². The summed E-state index contributed by atoms with van der Waals surface area (Å²) in [6.45, 7) is 4.15. The number of imidazole rings is 1. The normalized spacial score (nSPS) is 12.6. The molecule has 1 aliphatic heterocycles. The lowest BCUT2D eigenvalue weighted by atomic mass is 10.1. The molecule has 0 fully saturated rings. The van der Waals surface area contributed by atoms with E-state index in [1.807, 2.05) is 83.1 Å². The Bertz CT molecular complexity index is 1240. The van der Waals surface area contributed by atoms with E-state index in [4.69, 9.17) is 9.47 Å². The standard InChI is InChI=1S/C26H25N3O3S/c1-2-28(16-20-6-5-7-23-25(20)32-15-14-31-23)26(30)19-9-11-22(12-10-19)33-18-21-17-29-13-4-3-8-24(29)27-21/h3-13,17H,2,14-16,18H2,1H3. The molecule has 0 atom stereocenters. The van der Waals surface area contributed by atoms with Crippen molar-refractivity contribution in [2.24, 2.45) is 0 Å². The van der Waals surface area contributed by atoms with E-state index < -0.39 is 0 Å². The summed E-state index contributed by atoms with van der Waals surface area (Å²) in [5.41, 5.74) is 3.61. The first kappa shape index (κ1) is 21.4. The van der Waals surface area contributed by atoms with Gasteiger partial charge in [-0.25, -0.2) is 4.98 Å². The number of hydrogen-bond donors (Lipinski definition) is 0. The number of rotatable bonds is 7. The Labute approximate surface area is 197 Å². The number of para-hydroxylation sites is 1. The lowest BCUT2D eigenvalue weighted by molar-refractivity contribution is 0.0749. The Morgan fingerprint density at radius 3 is 2.73 bits per heavy atom. The molecule has 3 heterocycles.